The van der Waals surface area contributed by atoms with Gasteiger partial charge in [-0.05, 0) is 25.1 Å². The van der Waals surface area contributed by atoms with Crippen molar-refractivity contribution in [2.24, 2.45) is 0 Å². The average Bonchev–Trinajstić information content (AvgIpc) is 2.88. The van der Waals surface area contributed by atoms with Crippen LogP contribution in [-0.4, -0.2) is 22.1 Å². The van der Waals surface area contributed by atoms with E-state index >= 15 is 0 Å². The van der Waals surface area contributed by atoms with E-state index < -0.39 is 29.6 Å². The number of nitrogens with zero attached hydrogens (tertiary/aromatic N) is 2. The summed E-state index contributed by atoms with van der Waals surface area (Å²) in [7, 11) is 0. The Morgan fingerprint density at radius 3 is 2.62 bits per heavy atom. The lowest BCUT2D eigenvalue weighted by atomic mass is 10.1. The molecule has 112 valence electrons. The van der Waals surface area contributed by atoms with Crippen molar-refractivity contribution < 1.29 is 26.9 Å². The summed E-state index contributed by atoms with van der Waals surface area (Å²) in [5.41, 5.74) is 0.253. The molecular weight excluding hydrogens is 316 g/mol. The van der Waals surface area contributed by atoms with Crippen LogP contribution in [-0.2, 0) is 4.79 Å². The summed E-state index contributed by atoms with van der Waals surface area (Å²) in [5, 5.41) is 3.26. The summed E-state index contributed by atoms with van der Waals surface area (Å²) in [5.74, 6) is -4.84. The molecule has 0 aliphatic rings. The molecule has 0 radical (unpaired) electrons. The first-order chi connectivity index (χ1) is 9.70. The number of hydrogen-bond donors (Lipinski definition) is 0. The molecular formula is C12H7ClF4N2O2. The third-order valence-corrected chi connectivity index (χ3v) is 2.95. The predicted octanol–water partition coefficient (Wildman–Crippen LogP) is 3.76. The van der Waals surface area contributed by atoms with E-state index in [9.17, 15) is 22.4 Å². The van der Waals surface area contributed by atoms with E-state index in [4.69, 9.17) is 11.6 Å². The zero-order chi connectivity index (χ0) is 15.8. The van der Waals surface area contributed by atoms with Crippen molar-refractivity contribution >= 4 is 17.4 Å². The number of halogens is 5. The van der Waals surface area contributed by atoms with Crippen molar-refractivity contribution in [3.05, 3.63) is 34.9 Å². The molecule has 0 spiro atoms. The lowest BCUT2D eigenvalue weighted by molar-refractivity contribution is -0.172. The zero-order valence-corrected chi connectivity index (χ0v) is 11.2. The Kier molecular flexibility index (Phi) is 3.99. The fourth-order valence-electron chi connectivity index (χ4n) is 1.52. The van der Waals surface area contributed by atoms with Crippen LogP contribution in [0.1, 0.15) is 18.7 Å². The van der Waals surface area contributed by atoms with Crippen LogP contribution in [0.15, 0.2) is 22.7 Å². The summed E-state index contributed by atoms with van der Waals surface area (Å²) in [4.78, 5) is 14.8. The molecule has 21 heavy (non-hydrogen) atoms. The van der Waals surface area contributed by atoms with Crippen molar-refractivity contribution in [2.45, 2.75) is 19.0 Å². The molecule has 1 unspecified atom stereocenters. The highest BCUT2D eigenvalue weighted by Crippen LogP contribution is 2.28. The van der Waals surface area contributed by atoms with Gasteiger partial charge in [0.15, 0.2) is 0 Å². The first-order valence-corrected chi connectivity index (χ1v) is 5.98. The molecule has 0 saturated carbocycles. The number of rotatable bonds is 3. The molecule has 2 aromatic rings. The van der Waals surface area contributed by atoms with Crippen LogP contribution in [0.3, 0.4) is 0 Å². The maximum Gasteiger partial charge on any atom is 0.450 e. The van der Waals surface area contributed by atoms with Crippen molar-refractivity contribution in [3.8, 4) is 11.4 Å². The van der Waals surface area contributed by atoms with Gasteiger partial charge in [0.05, 0.1) is 5.02 Å². The van der Waals surface area contributed by atoms with E-state index in [1.165, 1.54) is 12.1 Å². The fraction of sp³-hybridized carbons (Fsp3) is 0.250. The maximum atomic E-state index is 13.0. The third kappa shape index (κ3) is 3.21. The van der Waals surface area contributed by atoms with Gasteiger partial charge >= 0.3 is 6.18 Å². The fourth-order valence-corrected chi connectivity index (χ4v) is 1.70. The maximum absolute atomic E-state index is 13.0. The zero-order valence-electron chi connectivity index (χ0n) is 10.4. The third-order valence-electron chi connectivity index (χ3n) is 2.66. The Labute approximate surface area is 120 Å². The van der Waals surface area contributed by atoms with Gasteiger partial charge in [-0.25, -0.2) is 4.39 Å². The predicted molar refractivity (Wildman–Crippen MR) is 64.2 cm³/mol. The van der Waals surface area contributed by atoms with E-state index in [0.29, 0.717) is 0 Å². The minimum atomic E-state index is -4.99. The molecule has 1 atom stereocenters. The van der Waals surface area contributed by atoms with Crippen molar-refractivity contribution in [2.75, 3.05) is 0 Å². The monoisotopic (exact) mass is 322 g/mol. The highest BCUT2D eigenvalue weighted by Gasteiger charge is 2.44. The normalized spacial score (nSPS) is 13.2. The minimum absolute atomic E-state index is 0.0891. The number of aromatic nitrogens is 2. The highest BCUT2D eigenvalue weighted by atomic mass is 35.5. The van der Waals surface area contributed by atoms with E-state index in [0.717, 1.165) is 13.0 Å². The molecule has 0 fully saturated rings. The number of ketones is 1. The largest absolute Gasteiger partial charge is 0.450 e. The van der Waals surface area contributed by atoms with Gasteiger partial charge in [-0.3, -0.25) is 4.79 Å². The molecule has 9 heteroatoms. The molecule has 0 aliphatic heterocycles. The van der Waals surface area contributed by atoms with Crippen LogP contribution >= 0.6 is 11.6 Å². The first-order valence-electron chi connectivity index (χ1n) is 5.60. The average molecular weight is 323 g/mol. The summed E-state index contributed by atoms with van der Waals surface area (Å²) in [6.45, 7) is 1.00. The van der Waals surface area contributed by atoms with Crippen LogP contribution in [0.4, 0.5) is 17.6 Å². The summed E-state index contributed by atoms with van der Waals surface area (Å²) >= 11 is 5.58. The van der Waals surface area contributed by atoms with Crippen LogP contribution < -0.4 is 0 Å². The smallest absolute Gasteiger partial charge is 0.338 e. The second-order valence-electron chi connectivity index (χ2n) is 4.17. The SMILES string of the molecule is CC(C(=O)C(F)(F)F)c1nc(-c2ccc(F)c(Cl)c2)no1. The van der Waals surface area contributed by atoms with E-state index in [1.54, 1.807) is 0 Å². The van der Waals surface area contributed by atoms with Crippen molar-refractivity contribution in [1.29, 1.82) is 0 Å². The molecule has 0 bridgehead atoms. The van der Waals surface area contributed by atoms with Gasteiger partial charge in [0.1, 0.15) is 11.7 Å². The molecule has 0 amide bonds. The molecule has 1 aromatic heterocycles. The minimum Gasteiger partial charge on any atom is -0.338 e. The number of Topliss-reactive ketones (excluding diaryl/α,β-unsaturated/α-hetero) is 1. The Bertz CT molecular complexity index is 684. The molecule has 0 saturated heterocycles. The summed E-state index contributed by atoms with van der Waals surface area (Å²) < 4.78 is 54.6. The van der Waals surface area contributed by atoms with Gasteiger partial charge in [-0.15, -0.1) is 0 Å². The standard InChI is InChI=1S/C12H7ClF4N2O2/c1-5(9(20)12(15,16)17)11-18-10(19-21-11)6-2-3-8(14)7(13)4-6/h2-5H,1H3. The number of benzene rings is 1. The molecule has 1 heterocycles. The topological polar surface area (TPSA) is 56.0 Å². The Morgan fingerprint density at radius 1 is 1.38 bits per heavy atom. The van der Waals surface area contributed by atoms with E-state index in [1.807, 2.05) is 0 Å². The summed E-state index contributed by atoms with van der Waals surface area (Å²) in [6.07, 6.45) is -4.99. The van der Waals surface area contributed by atoms with E-state index in [-0.39, 0.29) is 16.4 Å². The van der Waals surface area contributed by atoms with Gasteiger partial charge in [0.2, 0.25) is 17.5 Å². The van der Waals surface area contributed by atoms with Gasteiger partial charge in [0, 0.05) is 5.56 Å². The molecule has 2 rings (SSSR count). The number of alkyl halides is 3. The molecule has 4 nitrogen and oxygen atoms in total. The molecule has 1 aromatic carbocycles. The van der Waals surface area contributed by atoms with E-state index in [2.05, 4.69) is 14.7 Å². The Balaban J connectivity index is 2.29. The number of carbonyl (C=O) groups excluding carboxylic acids is 1. The van der Waals surface area contributed by atoms with Crippen LogP contribution in [0.25, 0.3) is 11.4 Å². The Morgan fingerprint density at radius 2 is 2.05 bits per heavy atom. The second kappa shape index (κ2) is 5.44. The van der Waals surface area contributed by atoms with Crippen LogP contribution in [0.2, 0.25) is 5.02 Å². The lowest BCUT2D eigenvalue weighted by Crippen LogP contribution is -2.27. The second-order valence-corrected chi connectivity index (χ2v) is 4.58. The van der Waals surface area contributed by atoms with Gasteiger partial charge < -0.3 is 4.52 Å². The van der Waals surface area contributed by atoms with Gasteiger partial charge in [0.25, 0.3) is 0 Å². The Hall–Kier alpha value is -1.96. The van der Waals surface area contributed by atoms with Crippen LogP contribution in [0, 0.1) is 5.82 Å². The number of hydrogen-bond acceptors (Lipinski definition) is 4. The van der Waals surface area contributed by atoms with Crippen molar-refractivity contribution in [1.82, 2.24) is 10.1 Å². The van der Waals surface area contributed by atoms with Gasteiger partial charge in [-0.1, -0.05) is 16.8 Å². The molecule has 0 N–H and O–H groups in total. The highest BCUT2D eigenvalue weighted by molar-refractivity contribution is 6.31. The quantitative estimate of drug-likeness (QED) is 0.807. The van der Waals surface area contributed by atoms with Crippen LogP contribution in [0.5, 0.6) is 0 Å². The molecule has 0 aliphatic carbocycles. The lowest BCUT2D eigenvalue weighted by Gasteiger charge is -2.08. The number of carbonyl (C=O) groups is 1. The van der Waals surface area contributed by atoms with Gasteiger partial charge in [-0.2, -0.15) is 18.2 Å². The summed E-state index contributed by atoms with van der Waals surface area (Å²) in [6, 6.07) is 3.53. The van der Waals surface area contributed by atoms with Crippen molar-refractivity contribution in [3.63, 3.8) is 0 Å². The first kappa shape index (κ1) is 15.4.